The number of hydrogen-bond acceptors (Lipinski definition) is 5. The van der Waals surface area contributed by atoms with Gasteiger partial charge in [-0.15, -0.1) is 11.3 Å². The third-order valence-corrected chi connectivity index (χ3v) is 4.16. The Morgan fingerprint density at radius 3 is 2.95 bits per heavy atom. The van der Waals surface area contributed by atoms with Crippen molar-refractivity contribution in [3.05, 3.63) is 53.3 Å². The van der Waals surface area contributed by atoms with Crippen molar-refractivity contribution >= 4 is 21.6 Å². The zero-order chi connectivity index (χ0) is 13.9. The van der Waals surface area contributed by atoms with Crippen LogP contribution in [0.25, 0.3) is 10.2 Å². The fourth-order valence-corrected chi connectivity index (χ4v) is 3.12. The Hall–Kier alpha value is -1.98. The van der Waals surface area contributed by atoms with Crippen molar-refractivity contribution in [2.45, 2.75) is 12.5 Å². The van der Waals surface area contributed by atoms with Gasteiger partial charge < -0.3 is 9.84 Å². The van der Waals surface area contributed by atoms with Crippen LogP contribution in [0.1, 0.15) is 16.7 Å². The van der Waals surface area contributed by atoms with E-state index < -0.39 is 6.10 Å². The molecule has 0 fully saturated rings. The molecule has 5 heteroatoms. The summed E-state index contributed by atoms with van der Waals surface area (Å²) in [5.41, 5.74) is 1.71. The van der Waals surface area contributed by atoms with Crippen LogP contribution in [0.3, 0.4) is 0 Å². The molecule has 0 aliphatic rings. The first-order chi connectivity index (χ1) is 9.78. The molecule has 0 saturated heterocycles. The van der Waals surface area contributed by atoms with E-state index in [1.807, 2.05) is 24.3 Å². The number of benzene rings is 1. The number of thiazole rings is 1. The fraction of sp³-hybridized carbons (Fsp3) is 0.200. The molecule has 2 aromatic heterocycles. The molecule has 0 radical (unpaired) electrons. The highest BCUT2D eigenvalue weighted by Gasteiger charge is 2.16. The predicted octanol–water partition coefficient (Wildman–Crippen LogP) is 2.98. The first kappa shape index (κ1) is 13.0. The predicted molar refractivity (Wildman–Crippen MR) is 79.1 cm³/mol. The van der Waals surface area contributed by atoms with Crippen LogP contribution in [0.4, 0.5) is 0 Å². The van der Waals surface area contributed by atoms with Crippen LogP contribution in [0.2, 0.25) is 0 Å². The molecule has 0 aliphatic carbocycles. The molecular formula is C15H14N2O2S. The number of nitrogens with zero attached hydrogens (tertiary/aromatic N) is 2. The molecule has 0 aliphatic heterocycles. The lowest BCUT2D eigenvalue weighted by Crippen LogP contribution is -2.04. The second-order valence-electron chi connectivity index (χ2n) is 4.41. The number of methoxy groups -OCH3 is 1. The van der Waals surface area contributed by atoms with Gasteiger partial charge in [-0.25, -0.2) is 4.98 Å². The Balaban J connectivity index is 1.86. The normalized spacial score (nSPS) is 12.5. The van der Waals surface area contributed by atoms with Crippen molar-refractivity contribution < 1.29 is 9.84 Å². The number of rotatable bonds is 4. The molecule has 0 amide bonds. The molecule has 4 nitrogen and oxygen atoms in total. The third-order valence-electron chi connectivity index (χ3n) is 3.10. The summed E-state index contributed by atoms with van der Waals surface area (Å²) < 4.78 is 6.36. The highest BCUT2D eigenvalue weighted by molar-refractivity contribution is 7.18. The van der Waals surface area contributed by atoms with Crippen LogP contribution in [0.15, 0.2) is 42.7 Å². The summed E-state index contributed by atoms with van der Waals surface area (Å²) in [6.07, 6.45) is 3.09. The minimum absolute atomic E-state index is 0.472. The highest BCUT2D eigenvalue weighted by Crippen LogP contribution is 2.29. The van der Waals surface area contributed by atoms with Crippen LogP contribution in [0.5, 0.6) is 5.75 Å². The maximum atomic E-state index is 10.4. The summed E-state index contributed by atoms with van der Waals surface area (Å²) in [7, 11) is 1.57. The molecule has 1 aromatic carbocycles. The maximum Gasteiger partial charge on any atom is 0.142 e. The minimum atomic E-state index is -0.645. The summed E-state index contributed by atoms with van der Waals surface area (Å²) in [5, 5.41) is 11.3. The number of ether oxygens (including phenoxy) is 1. The van der Waals surface area contributed by atoms with Gasteiger partial charge in [0.2, 0.25) is 0 Å². The number of fused-ring (bicyclic) bond motifs is 1. The largest absolute Gasteiger partial charge is 0.495 e. The van der Waals surface area contributed by atoms with Gasteiger partial charge >= 0.3 is 0 Å². The zero-order valence-corrected chi connectivity index (χ0v) is 11.8. The molecule has 1 atom stereocenters. The van der Waals surface area contributed by atoms with Crippen LogP contribution in [0, 0.1) is 0 Å². The van der Waals surface area contributed by atoms with Crippen LogP contribution < -0.4 is 4.74 Å². The number of para-hydroxylation sites is 1. The molecule has 20 heavy (non-hydrogen) atoms. The van der Waals surface area contributed by atoms with E-state index in [4.69, 9.17) is 4.74 Å². The van der Waals surface area contributed by atoms with Gasteiger partial charge in [-0.2, -0.15) is 0 Å². The van der Waals surface area contributed by atoms with Gasteiger partial charge in [-0.05, 0) is 18.2 Å². The Labute approximate surface area is 120 Å². The standard InChI is InChI=1S/C15H14N2O2S/c1-19-13-9-16-7-6-10(13)12(18)8-15-17-11-4-2-3-5-14(11)20-15/h2-7,9,12,18H,8H2,1H3. The molecule has 3 aromatic rings. The van der Waals surface area contributed by atoms with Gasteiger partial charge in [0.25, 0.3) is 0 Å². The van der Waals surface area contributed by atoms with Gasteiger partial charge in [0.05, 0.1) is 34.6 Å². The molecule has 2 heterocycles. The smallest absolute Gasteiger partial charge is 0.142 e. The van der Waals surface area contributed by atoms with Crippen molar-refractivity contribution in [3.63, 3.8) is 0 Å². The van der Waals surface area contributed by atoms with E-state index in [9.17, 15) is 5.11 Å². The van der Waals surface area contributed by atoms with Crippen molar-refractivity contribution in [3.8, 4) is 5.75 Å². The van der Waals surface area contributed by atoms with E-state index in [0.29, 0.717) is 12.2 Å². The minimum Gasteiger partial charge on any atom is -0.495 e. The van der Waals surface area contributed by atoms with Crippen molar-refractivity contribution in [1.29, 1.82) is 0 Å². The van der Waals surface area contributed by atoms with Gasteiger partial charge in [-0.3, -0.25) is 4.98 Å². The third kappa shape index (κ3) is 2.50. The van der Waals surface area contributed by atoms with Crippen molar-refractivity contribution in [2.24, 2.45) is 0 Å². The van der Waals surface area contributed by atoms with E-state index >= 15 is 0 Å². The molecule has 1 N–H and O–H groups in total. The van der Waals surface area contributed by atoms with Crippen molar-refractivity contribution in [2.75, 3.05) is 7.11 Å². The monoisotopic (exact) mass is 286 g/mol. The first-order valence-electron chi connectivity index (χ1n) is 6.28. The maximum absolute atomic E-state index is 10.4. The topological polar surface area (TPSA) is 55.2 Å². The summed E-state index contributed by atoms with van der Waals surface area (Å²) in [4.78, 5) is 8.53. The molecule has 0 saturated carbocycles. The Morgan fingerprint density at radius 2 is 2.15 bits per heavy atom. The Bertz CT molecular complexity index is 693. The van der Waals surface area contributed by atoms with Crippen molar-refractivity contribution in [1.82, 2.24) is 9.97 Å². The highest BCUT2D eigenvalue weighted by atomic mass is 32.1. The van der Waals surface area contributed by atoms with E-state index in [2.05, 4.69) is 9.97 Å². The number of aliphatic hydroxyl groups is 1. The molecule has 0 bridgehead atoms. The molecule has 102 valence electrons. The number of pyridine rings is 1. The lowest BCUT2D eigenvalue weighted by atomic mass is 10.1. The van der Waals surface area contributed by atoms with Gasteiger partial charge in [0.1, 0.15) is 5.75 Å². The van der Waals surface area contributed by atoms with E-state index in [1.54, 1.807) is 36.9 Å². The van der Waals surface area contributed by atoms with E-state index in [1.165, 1.54) is 0 Å². The number of hydrogen-bond donors (Lipinski definition) is 1. The summed E-state index contributed by atoms with van der Waals surface area (Å²) in [5.74, 6) is 0.598. The molecular weight excluding hydrogens is 272 g/mol. The zero-order valence-electron chi connectivity index (χ0n) is 11.0. The van der Waals surface area contributed by atoms with Gasteiger partial charge in [-0.1, -0.05) is 12.1 Å². The van der Waals surface area contributed by atoms with Gasteiger partial charge in [0, 0.05) is 18.2 Å². The summed E-state index contributed by atoms with van der Waals surface area (Å²) in [6.45, 7) is 0. The summed E-state index contributed by atoms with van der Waals surface area (Å²) >= 11 is 1.61. The molecule has 1 unspecified atom stereocenters. The van der Waals surface area contributed by atoms with E-state index in [0.717, 1.165) is 20.8 Å². The number of aromatic nitrogens is 2. The Morgan fingerprint density at radius 1 is 1.30 bits per heavy atom. The van der Waals surface area contributed by atoms with Gasteiger partial charge in [0.15, 0.2) is 0 Å². The quantitative estimate of drug-likeness (QED) is 0.801. The van der Waals surface area contributed by atoms with Crippen LogP contribution >= 0.6 is 11.3 Å². The lowest BCUT2D eigenvalue weighted by Gasteiger charge is -2.12. The SMILES string of the molecule is COc1cnccc1C(O)Cc1nc2ccccc2s1. The molecule has 0 spiro atoms. The second-order valence-corrected chi connectivity index (χ2v) is 5.53. The van der Waals surface area contributed by atoms with E-state index in [-0.39, 0.29) is 0 Å². The lowest BCUT2D eigenvalue weighted by molar-refractivity contribution is 0.174. The Kier molecular flexibility index (Phi) is 3.62. The average Bonchev–Trinajstić information content (AvgIpc) is 2.89. The summed E-state index contributed by atoms with van der Waals surface area (Å²) in [6, 6.07) is 9.75. The number of aliphatic hydroxyl groups excluding tert-OH is 1. The van der Waals surface area contributed by atoms with Crippen LogP contribution in [-0.4, -0.2) is 22.2 Å². The fourth-order valence-electron chi connectivity index (χ4n) is 2.12. The van der Waals surface area contributed by atoms with Crippen LogP contribution in [-0.2, 0) is 6.42 Å². The average molecular weight is 286 g/mol. The molecule has 3 rings (SSSR count). The first-order valence-corrected chi connectivity index (χ1v) is 7.10. The second kappa shape index (κ2) is 5.56.